The van der Waals surface area contributed by atoms with E-state index < -0.39 is 0 Å². The Kier molecular flexibility index (Phi) is 4.51. The number of imidazole rings is 1. The molecule has 0 unspecified atom stereocenters. The lowest BCUT2D eigenvalue weighted by molar-refractivity contribution is -0.120. The van der Waals surface area contributed by atoms with Crippen LogP contribution in [0, 0.1) is 13.8 Å². The van der Waals surface area contributed by atoms with Crippen LogP contribution in [0.2, 0.25) is 0 Å². The highest BCUT2D eigenvalue weighted by Gasteiger charge is 2.12. The monoisotopic (exact) mass is 322 g/mol. The minimum atomic E-state index is -0.0708. The molecule has 2 heterocycles. The molecule has 1 amide bonds. The van der Waals surface area contributed by atoms with E-state index in [1.807, 2.05) is 79.0 Å². The fraction of sp³-hybridized carbons (Fsp3) is 0.263. The minimum Gasteiger partial charge on any atom is -0.307 e. The van der Waals surface area contributed by atoms with E-state index in [1.54, 1.807) is 0 Å². The highest BCUT2D eigenvalue weighted by atomic mass is 16.2. The molecule has 0 radical (unpaired) electrons. The van der Waals surface area contributed by atoms with E-state index in [2.05, 4.69) is 10.4 Å². The van der Waals surface area contributed by atoms with Gasteiger partial charge in [-0.3, -0.25) is 15.2 Å². The summed E-state index contributed by atoms with van der Waals surface area (Å²) < 4.78 is 1.95. The van der Waals surface area contributed by atoms with Crippen LogP contribution in [0.15, 0.2) is 48.8 Å². The number of aryl methyl sites for hydroxylation is 2. The fourth-order valence-corrected chi connectivity index (χ4v) is 2.70. The predicted octanol–water partition coefficient (Wildman–Crippen LogP) is 3.05. The number of fused-ring (bicyclic) bond motifs is 1. The molecule has 0 bridgehead atoms. The van der Waals surface area contributed by atoms with E-state index >= 15 is 0 Å². The number of aromatic nitrogens is 2. The van der Waals surface area contributed by atoms with Crippen LogP contribution in [0.25, 0.3) is 5.65 Å². The number of hydrogen-bond acceptors (Lipinski definition) is 3. The Bertz CT molecular complexity index is 851. The smallest absolute Gasteiger partial charge is 0.244 e. The number of nitrogens with zero attached hydrogens (tertiary/aromatic N) is 3. The summed E-state index contributed by atoms with van der Waals surface area (Å²) in [5.41, 5.74) is 7.88. The van der Waals surface area contributed by atoms with E-state index in [-0.39, 0.29) is 12.3 Å². The van der Waals surface area contributed by atoms with E-state index in [9.17, 15) is 4.79 Å². The molecule has 124 valence electrons. The highest BCUT2D eigenvalue weighted by Crippen LogP contribution is 2.14. The molecule has 0 saturated carbocycles. The first-order valence-electron chi connectivity index (χ1n) is 8.13. The second kappa shape index (κ2) is 6.74. The van der Waals surface area contributed by atoms with Gasteiger partial charge in [-0.25, -0.2) is 4.98 Å². The predicted molar refractivity (Wildman–Crippen MR) is 96.0 cm³/mol. The molecule has 0 fully saturated rings. The van der Waals surface area contributed by atoms with Crippen molar-refractivity contribution in [1.29, 1.82) is 0 Å². The molecule has 1 N–H and O–H groups in total. The minimum absolute atomic E-state index is 0.0708. The molecule has 0 aliphatic rings. The van der Waals surface area contributed by atoms with Crippen LogP contribution in [0.5, 0.6) is 0 Å². The van der Waals surface area contributed by atoms with Crippen molar-refractivity contribution in [3.8, 4) is 0 Å². The molecule has 0 aliphatic carbocycles. The molecule has 0 atom stereocenters. The molecule has 3 rings (SSSR count). The number of nitrogens with one attached hydrogen (secondary N) is 1. The quantitative estimate of drug-likeness (QED) is 0.735. The average Bonchev–Trinajstić information content (AvgIpc) is 2.97. The number of carbonyl (C=O) groups is 1. The van der Waals surface area contributed by atoms with Crippen molar-refractivity contribution in [2.45, 2.75) is 27.2 Å². The van der Waals surface area contributed by atoms with Crippen molar-refractivity contribution in [2.75, 3.05) is 11.6 Å². The number of benzene rings is 1. The number of pyridine rings is 1. The Labute approximate surface area is 141 Å². The van der Waals surface area contributed by atoms with E-state index in [4.69, 9.17) is 0 Å². The maximum Gasteiger partial charge on any atom is 0.244 e. The van der Waals surface area contributed by atoms with Crippen LogP contribution >= 0.6 is 0 Å². The maximum absolute atomic E-state index is 12.4. The van der Waals surface area contributed by atoms with E-state index in [1.165, 1.54) is 5.56 Å². The van der Waals surface area contributed by atoms with Crippen LogP contribution in [0.4, 0.5) is 5.69 Å². The third-order valence-electron chi connectivity index (χ3n) is 3.99. The molecule has 0 saturated heterocycles. The molecule has 0 aliphatic heterocycles. The van der Waals surface area contributed by atoms with Crippen molar-refractivity contribution in [3.05, 3.63) is 65.6 Å². The van der Waals surface area contributed by atoms with Gasteiger partial charge in [-0.1, -0.05) is 23.8 Å². The van der Waals surface area contributed by atoms with Gasteiger partial charge < -0.3 is 4.40 Å². The largest absolute Gasteiger partial charge is 0.307 e. The summed E-state index contributed by atoms with van der Waals surface area (Å²) >= 11 is 0. The number of carbonyl (C=O) groups excluding carboxylic acids is 1. The van der Waals surface area contributed by atoms with Crippen LogP contribution in [0.1, 0.15) is 23.7 Å². The van der Waals surface area contributed by atoms with Gasteiger partial charge >= 0.3 is 0 Å². The topological polar surface area (TPSA) is 49.6 Å². The second-order valence-corrected chi connectivity index (χ2v) is 5.95. The van der Waals surface area contributed by atoms with Crippen molar-refractivity contribution in [1.82, 2.24) is 14.8 Å². The first-order valence-corrected chi connectivity index (χ1v) is 8.13. The lowest BCUT2D eigenvalue weighted by Gasteiger charge is -2.23. The molecule has 5 heteroatoms. The summed E-state index contributed by atoms with van der Waals surface area (Å²) in [4.78, 5) is 16.9. The highest BCUT2D eigenvalue weighted by molar-refractivity contribution is 5.80. The summed E-state index contributed by atoms with van der Waals surface area (Å²) in [6.07, 6.45) is 4.11. The molecule has 0 spiro atoms. The summed E-state index contributed by atoms with van der Waals surface area (Å²) in [6.45, 7) is 6.76. The molecular weight excluding hydrogens is 300 g/mol. The first kappa shape index (κ1) is 16.1. The summed E-state index contributed by atoms with van der Waals surface area (Å²) in [5, 5.41) is 1.85. The zero-order valence-corrected chi connectivity index (χ0v) is 14.3. The fourth-order valence-electron chi connectivity index (χ4n) is 2.70. The van der Waals surface area contributed by atoms with Gasteiger partial charge in [-0.15, -0.1) is 0 Å². The molecule has 5 nitrogen and oxygen atoms in total. The van der Waals surface area contributed by atoms with Crippen molar-refractivity contribution < 1.29 is 4.79 Å². The van der Waals surface area contributed by atoms with Gasteiger partial charge in [0, 0.05) is 18.9 Å². The summed E-state index contributed by atoms with van der Waals surface area (Å²) in [7, 11) is 0. The molecule has 3 aromatic rings. The second-order valence-electron chi connectivity index (χ2n) is 5.95. The maximum atomic E-state index is 12.4. The van der Waals surface area contributed by atoms with Gasteiger partial charge in [-0.05, 0) is 44.5 Å². The number of rotatable bonds is 5. The normalized spacial score (nSPS) is 10.8. The third-order valence-corrected chi connectivity index (χ3v) is 3.99. The molecule has 2 aromatic heterocycles. The van der Waals surface area contributed by atoms with Gasteiger partial charge in [0.25, 0.3) is 0 Å². The van der Waals surface area contributed by atoms with Gasteiger partial charge in [0.15, 0.2) is 0 Å². The van der Waals surface area contributed by atoms with Crippen LogP contribution in [0.3, 0.4) is 0 Å². The molecule has 1 aromatic carbocycles. The number of hydrazine groups is 1. The zero-order chi connectivity index (χ0) is 17.1. The average molecular weight is 322 g/mol. The van der Waals surface area contributed by atoms with Crippen molar-refractivity contribution >= 4 is 17.2 Å². The Balaban J connectivity index is 1.71. The van der Waals surface area contributed by atoms with E-state index in [0.29, 0.717) is 6.54 Å². The van der Waals surface area contributed by atoms with Gasteiger partial charge in [0.1, 0.15) is 5.65 Å². The summed E-state index contributed by atoms with van der Waals surface area (Å²) in [5.74, 6) is -0.0708. The third kappa shape index (κ3) is 3.40. The van der Waals surface area contributed by atoms with Gasteiger partial charge in [-0.2, -0.15) is 0 Å². The van der Waals surface area contributed by atoms with Crippen LogP contribution in [-0.4, -0.2) is 21.8 Å². The SMILES string of the molecule is CCN(NC(=O)Cc1cn2cccc(C)c2n1)c1ccc(C)cc1. The van der Waals surface area contributed by atoms with Crippen molar-refractivity contribution in [3.63, 3.8) is 0 Å². The number of amides is 1. The molecular formula is C19H22N4O. The Morgan fingerprint density at radius 2 is 1.96 bits per heavy atom. The van der Waals surface area contributed by atoms with Crippen LogP contribution < -0.4 is 10.4 Å². The van der Waals surface area contributed by atoms with Gasteiger partial charge in [0.2, 0.25) is 5.91 Å². The van der Waals surface area contributed by atoms with Crippen molar-refractivity contribution in [2.24, 2.45) is 0 Å². The lowest BCUT2D eigenvalue weighted by atomic mass is 10.2. The number of anilines is 1. The molecule has 24 heavy (non-hydrogen) atoms. The lowest BCUT2D eigenvalue weighted by Crippen LogP contribution is -2.43. The first-order chi connectivity index (χ1) is 11.6. The number of hydrogen-bond donors (Lipinski definition) is 1. The van der Waals surface area contributed by atoms with E-state index in [0.717, 1.165) is 22.6 Å². The Hall–Kier alpha value is -2.82. The Morgan fingerprint density at radius 3 is 2.62 bits per heavy atom. The van der Waals surface area contributed by atoms with Gasteiger partial charge in [0.05, 0.1) is 17.8 Å². The Morgan fingerprint density at radius 1 is 1.21 bits per heavy atom. The zero-order valence-electron chi connectivity index (χ0n) is 14.3. The van der Waals surface area contributed by atoms with Crippen LogP contribution in [-0.2, 0) is 11.2 Å². The standard InChI is InChI=1S/C19H22N4O/c1-4-23(17-9-7-14(2)8-10-17)21-18(24)12-16-13-22-11-5-6-15(3)19(22)20-16/h5-11,13H,4,12H2,1-3H3,(H,21,24). The summed E-state index contributed by atoms with van der Waals surface area (Å²) in [6, 6.07) is 12.1.